The number of aliphatic imine (C=N–C) groups is 1. The number of pyridine rings is 1. The van der Waals surface area contributed by atoms with Crippen LogP contribution in [0.2, 0.25) is 0 Å². The summed E-state index contributed by atoms with van der Waals surface area (Å²) < 4.78 is 70.2. The van der Waals surface area contributed by atoms with Crippen LogP contribution in [0.15, 0.2) is 35.5 Å². The zero-order valence-corrected chi connectivity index (χ0v) is 22.4. The van der Waals surface area contributed by atoms with Gasteiger partial charge in [0.1, 0.15) is 5.82 Å². The van der Waals surface area contributed by atoms with E-state index in [1.165, 1.54) is 17.5 Å². The lowest BCUT2D eigenvalue weighted by Gasteiger charge is -2.20. The van der Waals surface area contributed by atoms with E-state index in [1.54, 1.807) is 13.1 Å². The Morgan fingerprint density at radius 1 is 1.18 bits per heavy atom. The maximum absolute atomic E-state index is 15.6. The molecule has 39 heavy (non-hydrogen) atoms. The number of hydrogen-bond donors (Lipinski definition) is 1. The second kappa shape index (κ2) is 11.2. The van der Waals surface area contributed by atoms with E-state index in [0.29, 0.717) is 42.3 Å². The molecule has 2 atom stereocenters. The monoisotopic (exact) mass is 564 g/mol. The Balaban J connectivity index is 1.48. The third kappa shape index (κ3) is 6.06. The van der Waals surface area contributed by atoms with Crippen molar-refractivity contribution in [3.05, 3.63) is 52.5 Å². The molecule has 1 unspecified atom stereocenters. The lowest BCUT2D eigenvalue weighted by atomic mass is 10.1. The van der Waals surface area contributed by atoms with E-state index in [9.17, 15) is 17.6 Å². The summed E-state index contributed by atoms with van der Waals surface area (Å²) in [5.41, 5.74) is -0.416. The van der Waals surface area contributed by atoms with Gasteiger partial charge in [-0.25, -0.2) is 18.7 Å². The number of aromatic nitrogens is 2. The van der Waals surface area contributed by atoms with Gasteiger partial charge in [-0.2, -0.15) is 13.2 Å². The number of hydrogen-bond acceptors (Lipinski definition) is 7. The molecule has 2 aliphatic heterocycles. The van der Waals surface area contributed by atoms with E-state index in [1.807, 2.05) is 11.1 Å². The van der Waals surface area contributed by atoms with Gasteiger partial charge in [0.2, 0.25) is 0 Å². The molecule has 0 bridgehead atoms. The number of nitrogens with zero attached hydrogens (tertiary/aromatic N) is 5. The van der Waals surface area contributed by atoms with Gasteiger partial charge >= 0.3 is 6.18 Å². The van der Waals surface area contributed by atoms with Gasteiger partial charge in [-0.05, 0) is 57.0 Å². The molecule has 0 spiro atoms. The van der Waals surface area contributed by atoms with E-state index < -0.39 is 23.4 Å². The third-order valence-corrected chi connectivity index (χ3v) is 8.21. The lowest BCUT2D eigenvalue weighted by molar-refractivity contribution is -0.137. The topological polar surface area (TPSA) is 56.7 Å². The van der Waals surface area contributed by atoms with Crippen molar-refractivity contribution in [2.45, 2.75) is 44.9 Å². The Hall–Kier alpha value is -3.12. The highest BCUT2D eigenvalue weighted by Crippen LogP contribution is 2.39. The van der Waals surface area contributed by atoms with Crippen LogP contribution in [-0.2, 0) is 12.7 Å². The van der Waals surface area contributed by atoms with Crippen LogP contribution in [-0.4, -0.2) is 53.8 Å². The predicted octanol–water partition coefficient (Wildman–Crippen LogP) is 6.76. The van der Waals surface area contributed by atoms with Crippen molar-refractivity contribution in [1.29, 1.82) is 0 Å². The molecule has 1 N–H and O–H groups in total. The van der Waals surface area contributed by atoms with Crippen molar-refractivity contribution in [3.8, 4) is 11.3 Å². The van der Waals surface area contributed by atoms with Gasteiger partial charge in [-0.3, -0.25) is 4.90 Å². The van der Waals surface area contributed by atoms with Gasteiger partial charge in [0, 0.05) is 61.5 Å². The minimum Gasteiger partial charge on any atom is -0.368 e. The summed E-state index contributed by atoms with van der Waals surface area (Å²) in [6.07, 6.45) is 1.56. The smallest absolute Gasteiger partial charge is 0.368 e. The van der Waals surface area contributed by atoms with Gasteiger partial charge < -0.3 is 15.2 Å². The van der Waals surface area contributed by atoms with Crippen LogP contribution < -0.4 is 10.2 Å². The van der Waals surface area contributed by atoms with Crippen molar-refractivity contribution in [3.63, 3.8) is 0 Å². The highest BCUT2D eigenvalue weighted by atomic mass is 32.1. The second-order valence-corrected chi connectivity index (χ2v) is 11.1. The van der Waals surface area contributed by atoms with Gasteiger partial charge in [0.05, 0.1) is 16.9 Å². The number of benzene rings is 1. The number of anilines is 3. The molecule has 0 radical (unpaired) electrons. The maximum atomic E-state index is 15.6. The number of likely N-dealkylation sites (tertiary alicyclic amines) is 1. The largest absolute Gasteiger partial charge is 0.416 e. The van der Waals surface area contributed by atoms with Gasteiger partial charge in [-0.1, -0.05) is 11.3 Å². The van der Waals surface area contributed by atoms with Crippen molar-refractivity contribution < 1.29 is 22.0 Å². The highest BCUT2D eigenvalue weighted by Gasteiger charge is 2.32. The summed E-state index contributed by atoms with van der Waals surface area (Å²) in [6.45, 7) is 4.70. The van der Waals surface area contributed by atoms with Gasteiger partial charge in [-0.15, -0.1) is 0 Å². The minimum atomic E-state index is -4.71. The molecule has 0 saturated carbocycles. The van der Waals surface area contributed by atoms with Crippen LogP contribution in [0.4, 0.5) is 38.6 Å². The predicted molar refractivity (Wildman–Crippen MR) is 144 cm³/mol. The zero-order chi connectivity index (χ0) is 27.7. The molecule has 12 heteroatoms. The Morgan fingerprint density at radius 2 is 2.00 bits per heavy atom. The zero-order valence-electron chi connectivity index (χ0n) is 21.6. The Labute approximate surface area is 227 Å². The average molecular weight is 565 g/mol. The van der Waals surface area contributed by atoms with Crippen LogP contribution in [0.25, 0.3) is 11.3 Å². The van der Waals surface area contributed by atoms with Crippen molar-refractivity contribution in [2.24, 2.45) is 10.9 Å². The third-order valence-electron chi connectivity index (χ3n) is 7.25. The number of halogens is 5. The number of thiazole rings is 1. The first-order chi connectivity index (χ1) is 18.6. The number of alkyl halides is 3. The second-order valence-electron chi connectivity index (χ2n) is 10.00. The molecule has 208 valence electrons. The SMILES string of the molecule is CN=CC1CCN(c2ccnc(Nc3nc(-c4cc(F)cc(C(F)(F)F)c4)c(CN4CCC[C@H]4C)s3)c2F)C1. The first-order valence-corrected chi connectivity index (χ1v) is 13.6. The van der Waals surface area contributed by atoms with Crippen LogP contribution in [0.3, 0.4) is 0 Å². The molecule has 5 rings (SSSR count). The quantitative estimate of drug-likeness (QED) is 0.254. The maximum Gasteiger partial charge on any atom is 0.416 e. The van der Waals surface area contributed by atoms with Gasteiger partial charge in [0.25, 0.3) is 0 Å². The lowest BCUT2D eigenvalue weighted by Crippen LogP contribution is -2.25. The van der Waals surface area contributed by atoms with Crippen molar-refractivity contribution in [1.82, 2.24) is 14.9 Å². The molecular formula is C27H29F5N6S. The Morgan fingerprint density at radius 3 is 2.72 bits per heavy atom. The van der Waals surface area contributed by atoms with Crippen LogP contribution in [0.1, 0.15) is 36.6 Å². The fraction of sp³-hybridized carbons (Fsp3) is 0.444. The molecule has 2 fully saturated rings. The van der Waals surface area contributed by atoms with Gasteiger partial charge in [0.15, 0.2) is 16.8 Å². The molecule has 4 heterocycles. The van der Waals surface area contributed by atoms with Crippen molar-refractivity contribution >= 4 is 34.2 Å². The first-order valence-electron chi connectivity index (χ1n) is 12.8. The molecule has 3 aromatic rings. The first kappa shape index (κ1) is 27.4. The van der Waals surface area contributed by atoms with E-state index in [2.05, 4.69) is 32.1 Å². The van der Waals surface area contributed by atoms with Crippen LogP contribution in [0, 0.1) is 17.6 Å². The summed E-state index contributed by atoms with van der Waals surface area (Å²) >= 11 is 1.21. The molecule has 0 amide bonds. The van der Waals surface area contributed by atoms with Crippen LogP contribution >= 0.6 is 11.3 Å². The number of rotatable bonds is 7. The normalized spacial score (nSPS) is 20.4. The Bertz CT molecular complexity index is 1360. The fourth-order valence-corrected chi connectivity index (χ4v) is 6.25. The molecular weight excluding hydrogens is 535 g/mol. The summed E-state index contributed by atoms with van der Waals surface area (Å²) in [7, 11) is 1.71. The molecule has 2 saturated heterocycles. The Kier molecular flexibility index (Phi) is 7.86. The molecule has 2 aromatic heterocycles. The van der Waals surface area contributed by atoms with E-state index in [0.717, 1.165) is 37.9 Å². The van der Waals surface area contributed by atoms with E-state index >= 15 is 4.39 Å². The standard InChI is InChI=1S/C27H29F5N6S/c1-16-4-3-8-37(16)15-22-24(18-10-19(27(30,31)32)12-20(28)11-18)35-26(39-22)36-25-23(29)21(5-7-34-25)38-9-6-17(14-38)13-33-2/h5,7,10-13,16-17H,3-4,6,8-9,14-15H2,1-2H3,(H,34,35,36)/t16-,17?/m1/s1. The van der Waals surface area contributed by atoms with E-state index in [4.69, 9.17) is 0 Å². The molecule has 0 aliphatic carbocycles. The summed E-state index contributed by atoms with van der Waals surface area (Å²) in [6, 6.07) is 4.34. The fourth-order valence-electron chi connectivity index (χ4n) is 5.24. The summed E-state index contributed by atoms with van der Waals surface area (Å²) in [5, 5.41) is 3.20. The highest BCUT2D eigenvalue weighted by molar-refractivity contribution is 7.16. The van der Waals surface area contributed by atoms with Crippen molar-refractivity contribution in [2.75, 3.05) is 36.9 Å². The average Bonchev–Trinajstić information content (AvgIpc) is 3.61. The van der Waals surface area contributed by atoms with Crippen LogP contribution in [0.5, 0.6) is 0 Å². The van der Waals surface area contributed by atoms with E-state index in [-0.39, 0.29) is 28.1 Å². The molecule has 2 aliphatic rings. The molecule has 1 aromatic carbocycles. The minimum absolute atomic E-state index is 0.0244. The molecule has 6 nitrogen and oxygen atoms in total. The summed E-state index contributed by atoms with van der Waals surface area (Å²) in [4.78, 5) is 17.6. The summed E-state index contributed by atoms with van der Waals surface area (Å²) in [5.74, 6) is -1.33. The number of nitrogens with one attached hydrogen (secondary N) is 1.